The van der Waals surface area contributed by atoms with E-state index in [2.05, 4.69) is 4.98 Å². The van der Waals surface area contributed by atoms with Gasteiger partial charge >= 0.3 is 0 Å². The number of benzene rings is 1. The molecule has 0 radical (unpaired) electrons. The molecule has 1 N–H and O–H groups in total. The van der Waals surface area contributed by atoms with E-state index in [4.69, 9.17) is 16.9 Å². The van der Waals surface area contributed by atoms with Crippen molar-refractivity contribution in [2.75, 3.05) is 0 Å². The number of halogens is 1. The zero-order valence-corrected chi connectivity index (χ0v) is 10.6. The fraction of sp³-hybridized carbons (Fsp3) is 0.143. The molecule has 0 aliphatic rings. The lowest BCUT2D eigenvalue weighted by Gasteiger charge is -2.05. The van der Waals surface area contributed by atoms with Crippen molar-refractivity contribution in [1.29, 1.82) is 5.26 Å². The second-order valence-corrected chi connectivity index (χ2v) is 4.53. The lowest BCUT2D eigenvalue weighted by molar-refractivity contribution is 1.06. The minimum Gasteiger partial charge on any atom is -0.325 e. The summed E-state index contributed by atoms with van der Waals surface area (Å²) in [4.78, 5) is 14.3. The topological polar surface area (TPSA) is 56.6 Å². The lowest BCUT2D eigenvalue weighted by Crippen LogP contribution is -2.14. The van der Waals surface area contributed by atoms with E-state index in [-0.39, 0.29) is 11.1 Å². The quantitative estimate of drug-likeness (QED) is 0.901. The van der Waals surface area contributed by atoms with Crippen LogP contribution in [0.25, 0.3) is 0 Å². The monoisotopic (exact) mass is 258 g/mol. The Morgan fingerprint density at radius 3 is 2.61 bits per heavy atom. The van der Waals surface area contributed by atoms with E-state index in [1.54, 1.807) is 19.1 Å². The van der Waals surface area contributed by atoms with Crippen molar-refractivity contribution >= 4 is 11.6 Å². The molecular weight excluding hydrogens is 248 g/mol. The molecule has 0 saturated carbocycles. The zero-order valence-electron chi connectivity index (χ0n) is 9.83. The molecule has 1 aromatic carbocycles. The average molecular weight is 259 g/mol. The first-order valence-electron chi connectivity index (χ1n) is 5.47. The molecule has 2 rings (SSSR count). The molecule has 0 unspecified atom stereocenters. The second kappa shape index (κ2) is 5.07. The van der Waals surface area contributed by atoms with Crippen LogP contribution in [0.1, 0.15) is 22.4 Å². The van der Waals surface area contributed by atoms with Crippen LogP contribution in [0.5, 0.6) is 0 Å². The van der Waals surface area contributed by atoms with Gasteiger partial charge in [0, 0.05) is 10.7 Å². The van der Waals surface area contributed by atoms with Gasteiger partial charge in [0.05, 0.1) is 0 Å². The maximum atomic E-state index is 11.6. The van der Waals surface area contributed by atoms with Gasteiger partial charge in [-0.3, -0.25) is 4.79 Å². The number of rotatable bonds is 2. The smallest absolute Gasteiger partial charge is 0.266 e. The van der Waals surface area contributed by atoms with E-state index in [0.29, 0.717) is 11.4 Å². The Bertz CT molecular complexity index is 666. The van der Waals surface area contributed by atoms with Crippen LogP contribution in [-0.4, -0.2) is 4.98 Å². The molecule has 0 bridgehead atoms. The number of aryl methyl sites for hydroxylation is 1. The van der Waals surface area contributed by atoms with E-state index in [0.717, 1.165) is 16.8 Å². The fourth-order valence-corrected chi connectivity index (χ4v) is 1.97. The SMILES string of the molecule is Cc1cc(Cc2ccc(Cl)cc2)c(C#N)c(=O)[nH]1. The van der Waals surface area contributed by atoms with Gasteiger partial charge in [0.25, 0.3) is 5.56 Å². The van der Waals surface area contributed by atoms with Crippen LogP contribution < -0.4 is 5.56 Å². The summed E-state index contributed by atoms with van der Waals surface area (Å²) in [5.74, 6) is 0. The normalized spacial score (nSPS) is 10.1. The van der Waals surface area contributed by atoms with Gasteiger partial charge in [-0.1, -0.05) is 23.7 Å². The summed E-state index contributed by atoms with van der Waals surface area (Å²) in [7, 11) is 0. The first kappa shape index (κ1) is 12.4. The highest BCUT2D eigenvalue weighted by Gasteiger charge is 2.08. The Hall–Kier alpha value is -2.05. The van der Waals surface area contributed by atoms with Gasteiger partial charge in [0.2, 0.25) is 0 Å². The molecule has 90 valence electrons. The molecule has 4 heteroatoms. The number of aromatic amines is 1. The minimum atomic E-state index is -0.332. The van der Waals surface area contributed by atoms with Crippen molar-refractivity contribution in [3.05, 3.63) is 68.1 Å². The zero-order chi connectivity index (χ0) is 13.1. The van der Waals surface area contributed by atoms with Crippen molar-refractivity contribution in [2.24, 2.45) is 0 Å². The average Bonchev–Trinajstić information content (AvgIpc) is 2.32. The molecule has 0 aliphatic carbocycles. The van der Waals surface area contributed by atoms with Gasteiger partial charge in [-0.05, 0) is 42.7 Å². The summed E-state index contributed by atoms with van der Waals surface area (Å²) < 4.78 is 0. The predicted octanol–water partition coefficient (Wildman–Crippen LogP) is 2.80. The summed E-state index contributed by atoms with van der Waals surface area (Å²) >= 11 is 5.82. The van der Waals surface area contributed by atoms with Crippen LogP contribution >= 0.6 is 11.6 Å². The molecule has 1 heterocycles. The molecule has 0 atom stereocenters. The number of nitrogens with zero attached hydrogens (tertiary/aromatic N) is 1. The van der Waals surface area contributed by atoms with Crippen LogP contribution in [0.4, 0.5) is 0 Å². The molecule has 18 heavy (non-hydrogen) atoms. The van der Waals surface area contributed by atoms with E-state index in [1.165, 1.54) is 0 Å². The van der Waals surface area contributed by atoms with Gasteiger partial charge in [0.1, 0.15) is 11.6 Å². The number of hydrogen-bond donors (Lipinski definition) is 1. The van der Waals surface area contributed by atoms with Crippen LogP contribution in [0.3, 0.4) is 0 Å². The number of nitrogens with one attached hydrogen (secondary N) is 1. The third-order valence-electron chi connectivity index (χ3n) is 2.67. The van der Waals surface area contributed by atoms with Gasteiger partial charge in [-0.15, -0.1) is 0 Å². The molecular formula is C14H11ClN2O. The molecule has 0 saturated heterocycles. The maximum absolute atomic E-state index is 11.6. The Balaban J connectivity index is 2.43. The third kappa shape index (κ3) is 2.61. The third-order valence-corrected chi connectivity index (χ3v) is 2.92. The van der Waals surface area contributed by atoms with E-state index < -0.39 is 0 Å². The predicted molar refractivity (Wildman–Crippen MR) is 70.8 cm³/mol. The Labute approximate surface area is 110 Å². The van der Waals surface area contributed by atoms with Gasteiger partial charge < -0.3 is 4.98 Å². The van der Waals surface area contributed by atoms with Crippen LogP contribution in [0.15, 0.2) is 35.1 Å². The first-order valence-corrected chi connectivity index (χ1v) is 5.85. The standard InChI is InChI=1S/C14H11ClN2O/c1-9-6-11(13(8-16)14(18)17-9)7-10-2-4-12(15)5-3-10/h2-6H,7H2,1H3,(H,17,18). The van der Waals surface area contributed by atoms with E-state index in [9.17, 15) is 4.79 Å². The highest BCUT2D eigenvalue weighted by Crippen LogP contribution is 2.15. The number of aromatic nitrogens is 1. The van der Waals surface area contributed by atoms with Gasteiger partial charge in [-0.25, -0.2) is 0 Å². The Morgan fingerprint density at radius 2 is 2.00 bits per heavy atom. The lowest BCUT2D eigenvalue weighted by atomic mass is 10.0. The number of pyridine rings is 1. The molecule has 1 aromatic heterocycles. The van der Waals surface area contributed by atoms with Crippen LogP contribution in [0.2, 0.25) is 5.02 Å². The van der Waals surface area contributed by atoms with Crippen molar-refractivity contribution in [3.8, 4) is 6.07 Å². The summed E-state index contributed by atoms with van der Waals surface area (Å²) in [5, 5.41) is 9.69. The first-order chi connectivity index (χ1) is 8.60. The summed E-state index contributed by atoms with van der Waals surface area (Å²) in [6, 6.07) is 11.1. The summed E-state index contributed by atoms with van der Waals surface area (Å²) in [6.45, 7) is 1.80. The fourth-order valence-electron chi connectivity index (χ4n) is 1.84. The van der Waals surface area contributed by atoms with Crippen molar-refractivity contribution in [2.45, 2.75) is 13.3 Å². The Morgan fingerprint density at radius 1 is 1.33 bits per heavy atom. The Kier molecular flexibility index (Phi) is 3.50. The second-order valence-electron chi connectivity index (χ2n) is 4.10. The highest BCUT2D eigenvalue weighted by atomic mass is 35.5. The highest BCUT2D eigenvalue weighted by molar-refractivity contribution is 6.30. The largest absolute Gasteiger partial charge is 0.325 e. The molecule has 0 aliphatic heterocycles. The molecule has 0 amide bonds. The van der Waals surface area contributed by atoms with Crippen molar-refractivity contribution < 1.29 is 0 Å². The van der Waals surface area contributed by atoms with Crippen LogP contribution in [0, 0.1) is 18.3 Å². The van der Waals surface area contributed by atoms with Crippen molar-refractivity contribution in [1.82, 2.24) is 4.98 Å². The van der Waals surface area contributed by atoms with Gasteiger partial charge in [-0.2, -0.15) is 5.26 Å². The summed E-state index contributed by atoms with van der Waals surface area (Å²) in [5.41, 5.74) is 2.35. The van der Waals surface area contributed by atoms with Crippen molar-refractivity contribution in [3.63, 3.8) is 0 Å². The number of H-pyrrole nitrogens is 1. The van der Waals surface area contributed by atoms with Gasteiger partial charge in [0.15, 0.2) is 0 Å². The number of hydrogen-bond acceptors (Lipinski definition) is 2. The number of nitriles is 1. The molecule has 3 nitrogen and oxygen atoms in total. The van der Waals surface area contributed by atoms with E-state index >= 15 is 0 Å². The summed E-state index contributed by atoms with van der Waals surface area (Å²) in [6.07, 6.45) is 0.546. The molecule has 2 aromatic rings. The van der Waals surface area contributed by atoms with Crippen LogP contribution in [-0.2, 0) is 6.42 Å². The molecule has 0 spiro atoms. The molecule has 0 fully saturated rings. The minimum absolute atomic E-state index is 0.176. The maximum Gasteiger partial charge on any atom is 0.266 e. The van der Waals surface area contributed by atoms with E-state index in [1.807, 2.05) is 24.3 Å².